The highest BCUT2D eigenvalue weighted by molar-refractivity contribution is 5.97. The van der Waals surface area contributed by atoms with E-state index in [4.69, 9.17) is 0 Å². The molecule has 0 aliphatic carbocycles. The number of likely N-dealkylation sites (N-methyl/N-ethyl adjacent to an activating group) is 1. The Morgan fingerprint density at radius 1 is 1.19 bits per heavy atom. The molecule has 32 heavy (non-hydrogen) atoms. The average Bonchev–Trinajstić information content (AvgIpc) is 3.51. The average molecular weight is 432 g/mol. The van der Waals surface area contributed by atoms with E-state index >= 15 is 0 Å². The minimum absolute atomic E-state index is 0.0465. The molecule has 2 aromatic heterocycles. The molecular formula is C23H21FN6O2. The number of hydrogen-bond donors (Lipinski definition) is 2. The molecule has 1 saturated heterocycles. The van der Waals surface area contributed by atoms with Gasteiger partial charge in [0.2, 0.25) is 5.91 Å². The van der Waals surface area contributed by atoms with Gasteiger partial charge < -0.3 is 15.2 Å². The van der Waals surface area contributed by atoms with Crippen molar-refractivity contribution in [3.8, 4) is 16.9 Å². The zero-order valence-electron chi connectivity index (χ0n) is 17.4. The number of halogens is 1. The third-order valence-electron chi connectivity index (χ3n) is 5.77. The van der Waals surface area contributed by atoms with Crippen LogP contribution in [0.3, 0.4) is 0 Å². The predicted octanol–water partition coefficient (Wildman–Crippen LogP) is 2.63. The number of hydrogen-bond acceptors (Lipinski definition) is 5. The molecule has 8 nitrogen and oxygen atoms in total. The van der Waals surface area contributed by atoms with E-state index in [-0.39, 0.29) is 23.3 Å². The highest BCUT2D eigenvalue weighted by Gasteiger charge is 2.25. The molecule has 1 amide bonds. The van der Waals surface area contributed by atoms with Crippen molar-refractivity contribution in [2.75, 3.05) is 18.5 Å². The van der Waals surface area contributed by atoms with Gasteiger partial charge in [0.1, 0.15) is 11.5 Å². The maximum atomic E-state index is 13.6. The number of benzene rings is 2. The van der Waals surface area contributed by atoms with Gasteiger partial charge in [0.25, 0.3) is 5.56 Å². The summed E-state index contributed by atoms with van der Waals surface area (Å²) < 4.78 is 15.1. The van der Waals surface area contributed by atoms with Crippen molar-refractivity contribution in [3.63, 3.8) is 0 Å². The Morgan fingerprint density at radius 2 is 2.00 bits per heavy atom. The van der Waals surface area contributed by atoms with Crippen molar-refractivity contribution in [1.82, 2.24) is 25.3 Å². The number of anilines is 1. The number of aromatic amines is 1. The molecule has 3 heterocycles. The smallest absolute Gasteiger partial charge is 0.258 e. The monoisotopic (exact) mass is 432 g/mol. The number of rotatable bonds is 4. The summed E-state index contributed by atoms with van der Waals surface area (Å²) in [6.07, 6.45) is 3.50. The number of fused-ring (bicyclic) bond motifs is 1. The van der Waals surface area contributed by atoms with Crippen LogP contribution < -0.4 is 15.8 Å². The second-order valence-corrected chi connectivity index (χ2v) is 7.85. The summed E-state index contributed by atoms with van der Waals surface area (Å²) in [5, 5.41) is 12.0. The molecule has 1 atom stereocenters. The van der Waals surface area contributed by atoms with Crippen LogP contribution in [0.4, 0.5) is 10.1 Å². The van der Waals surface area contributed by atoms with Gasteiger partial charge in [-0.3, -0.25) is 9.59 Å². The Balaban J connectivity index is 1.40. The Hall–Kier alpha value is -3.85. The molecule has 2 aromatic carbocycles. The van der Waals surface area contributed by atoms with E-state index in [1.807, 2.05) is 24.3 Å². The van der Waals surface area contributed by atoms with E-state index in [0.717, 1.165) is 30.8 Å². The van der Waals surface area contributed by atoms with Crippen LogP contribution in [-0.4, -0.2) is 45.5 Å². The van der Waals surface area contributed by atoms with Gasteiger partial charge in [0.15, 0.2) is 0 Å². The van der Waals surface area contributed by atoms with Crippen LogP contribution >= 0.6 is 0 Å². The fraction of sp³-hybridized carbons (Fsp3) is 0.217. The number of pyridine rings is 1. The molecular weight excluding hydrogens is 411 g/mol. The van der Waals surface area contributed by atoms with Gasteiger partial charge in [-0.2, -0.15) is 0 Å². The third kappa shape index (κ3) is 3.67. The maximum Gasteiger partial charge on any atom is 0.258 e. The SMILES string of the molecule is CN(C(=O)[C@@H]1CCCN1)c1ccc(-n2cc(-c3cc4cc(F)ccc4[nH]c3=O)nn2)cc1. The van der Waals surface area contributed by atoms with Gasteiger partial charge in [-0.15, -0.1) is 5.10 Å². The summed E-state index contributed by atoms with van der Waals surface area (Å²) in [6, 6.07) is 13.0. The van der Waals surface area contributed by atoms with Crippen LogP contribution in [0.5, 0.6) is 0 Å². The van der Waals surface area contributed by atoms with E-state index in [9.17, 15) is 14.0 Å². The van der Waals surface area contributed by atoms with Gasteiger partial charge in [-0.1, -0.05) is 5.21 Å². The van der Waals surface area contributed by atoms with Crippen molar-refractivity contribution in [2.45, 2.75) is 18.9 Å². The molecule has 162 valence electrons. The number of nitrogens with one attached hydrogen (secondary N) is 2. The minimum Gasteiger partial charge on any atom is -0.321 e. The van der Waals surface area contributed by atoms with E-state index in [0.29, 0.717) is 22.2 Å². The highest BCUT2D eigenvalue weighted by atomic mass is 19.1. The molecule has 0 bridgehead atoms. The number of amides is 1. The molecule has 2 N–H and O–H groups in total. The molecule has 0 radical (unpaired) electrons. The first-order valence-corrected chi connectivity index (χ1v) is 10.4. The number of carbonyl (C=O) groups excluding carboxylic acids is 1. The quantitative estimate of drug-likeness (QED) is 0.517. The summed E-state index contributed by atoms with van der Waals surface area (Å²) in [4.78, 5) is 29.5. The van der Waals surface area contributed by atoms with Crippen molar-refractivity contribution in [2.24, 2.45) is 0 Å². The normalized spacial score (nSPS) is 15.9. The van der Waals surface area contributed by atoms with E-state index < -0.39 is 0 Å². The Kier molecular flexibility index (Phi) is 5.02. The fourth-order valence-electron chi connectivity index (χ4n) is 3.97. The molecule has 1 aliphatic rings. The van der Waals surface area contributed by atoms with Crippen molar-refractivity contribution >= 4 is 22.5 Å². The van der Waals surface area contributed by atoms with Gasteiger partial charge in [0, 0.05) is 23.6 Å². The van der Waals surface area contributed by atoms with Crippen LogP contribution in [0.2, 0.25) is 0 Å². The largest absolute Gasteiger partial charge is 0.321 e. The van der Waals surface area contributed by atoms with E-state index in [1.54, 1.807) is 28.9 Å². The van der Waals surface area contributed by atoms with Gasteiger partial charge in [-0.05, 0) is 67.9 Å². The van der Waals surface area contributed by atoms with Gasteiger partial charge in [0.05, 0.1) is 23.5 Å². The zero-order chi connectivity index (χ0) is 22.2. The van der Waals surface area contributed by atoms with Crippen LogP contribution in [0.1, 0.15) is 12.8 Å². The molecule has 4 aromatic rings. The van der Waals surface area contributed by atoms with Crippen LogP contribution in [0, 0.1) is 5.82 Å². The Labute approximate surface area is 182 Å². The lowest BCUT2D eigenvalue weighted by atomic mass is 10.1. The summed E-state index contributed by atoms with van der Waals surface area (Å²) in [5.74, 6) is -0.336. The van der Waals surface area contributed by atoms with Crippen LogP contribution in [-0.2, 0) is 4.79 Å². The second-order valence-electron chi connectivity index (χ2n) is 7.85. The molecule has 9 heteroatoms. The van der Waals surface area contributed by atoms with Gasteiger partial charge in [-0.25, -0.2) is 9.07 Å². The maximum absolute atomic E-state index is 13.6. The first-order chi connectivity index (χ1) is 15.5. The number of nitrogens with zero attached hydrogens (tertiary/aromatic N) is 4. The summed E-state index contributed by atoms with van der Waals surface area (Å²) in [5.41, 5.74) is 2.42. The third-order valence-corrected chi connectivity index (χ3v) is 5.77. The molecule has 0 spiro atoms. The summed E-state index contributed by atoms with van der Waals surface area (Å²) in [6.45, 7) is 0.868. The fourth-order valence-corrected chi connectivity index (χ4v) is 3.97. The van der Waals surface area contributed by atoms with Crippen LogP contribution in [0.25, 0.3) is 27.8 Å². The Bertz CT molecular complexity index is 1360. The first-order valence-electron chi connectivity index (χ1n) is 10.4. The number of H-pyrrole nitrogens is 1. The predicted molar refractivity (Wildman–Crippen MR) is 119 cm³/mol. The van der Waals surface area contributed by atoms with Crippen LogP contribution in [0.15, 0.2) is 59.5 Å². The molecule has 0 saturated carbocycles. The minimum atomic E-state index is -0.383. The van der Waals surface area contributed by atoms with E-state index in [1.165, 1.54) is 18.2 Å². The molecule has 1 fully saturated rings. The van der Waals surface area contributed by atoms with Crippen molar-refractivity contribution in [1.29, 1.82) is 0 Å². The standard InChI is InChI=1S/C23H21FN6O2/c1-29(23(32)20-3-2-10-25-20)16-5-7-17(8-6-16)30-13-21(27-28-30)18-12-14-11-15(24)4-9-19(14)26-22(18)31/h4-9,11-13,20,25H,2-3,10H2,1H3,(H,26,31)/t20-/m0/s1. The molecule has 1 aliphatic heterocycles. The highest BCUT2D eigenvalue weighted by Crippen LogP contribution is 2.22. The van der Waals surface area contributed by atoms with E-state index in [2.05, 4.69) is 20.6 Å². The van der Waals surface area contributed by atoms with Crippen molar-refractivity contribution in [3.05, 3.63) is 70.9 Å². The summed E-state index contributed by atoms with van der Waals surface area (Å²) in [7, 11) is 1.76. The van der Waals surface area contributed by atoms with Crippen molar-refractivity contribution < 1.29 is 9.18 Å². The summed E-state index contributed by atoms with van der Waals surface area (Å²) >= 11 is 0. The molecule has 5 rings (SSSR count). The number of carbonyl (C=O) groups is 1. The zero-order valence-corrected chi connectivity index (χ0v) is 17.4. The first kappa shape index (κ1) is 20.1. The second kappa shape index (κ2) is 8.01. The lowest BCUT2D eigenvalue weighted by Gasteiger charge is -2.21. The topological polar surface area (TPSA) is 95.9 Å². The molecule has 0 unspecified atom stereocenters. The lowest BCUT2D eigenvalue weighted by molar-refractivity contribution is -0.119. The lowest BCUT2D eigenvalue weighted by Crippen LogP contribution is -2.41. The number of aromatic nitrogens is 4. The van der Waals surface area contributed by atoms with Gasteiger partial charge >= 0.3 is 0 Å². The Morgan fingerprint density at radius 3 is 2.75 bits per heavy atom.